The van der Waals surface area contributed by atoms with Crippen LogP contribution in [-0.2, 0) is 14.8 Å². The first-order valence-electron chi connectivity index (χ1n) is 7.83. The number of methoxy groups -OCH3 is 1. The molecule has 0 amide bonds. The summed E-state index contributed by atoms with van der Waals surface area (Å²) in [6, 6.07) is 14.5. The molecule has 0 aliphatic carbocycles. The summed E-state index contributed by atoms with van der Waals surface area (Å²) in [6.45, 7) is 2.94. The minimum absolute atomic E-state index is 0.274. The maximum atomic E-state index is 12.9. The predicted octanol–water partition coefficient (Wildman–Crippen LogP) is 2.77. The van der Waals surface area contributed by atoms with Gasteiger partial charge in [-0.2, -0.15) is 4.31 Å². The Bertz CT molecular complexity index is 802. The van der Waals surface area contributed by atoms with E-state index >= 15 is 0 Å². The number of hydrogen-bond donors (Lipinski definition) is 0. The van der Waals surface area contributed by atoms with Crippen LogP contribution in [0.25, 0.3) is 0 Å². The molecule has 5 nitrogen and oxygen atoms in total. The molecule has 1 unspecified atom stereocenters. The SMILES string of the molecule is COc1ccc(C2CN(S(=O)(=O)c3cccc(C)c3)CCO2)cc1. The van der Waals surface area contributed by atoms with Gasteiger partial charge in [-0.15, -0.1) is 0 Å². The second-order valence-electron chi connectivity index (χ2n) is 5.81. The molecule has 0 spiro atoms. The number of aryl methyl sites for hydroxylation is 1. The van der Waals surface area contributed by atoms with Crippen molar-refractivity contribution in [2.24, 2.45) is 0 Å². The summed E-state index contributed by atoms with van der Waals surface area (Å²) in [7, 11) is -1.90. The monoisotopic (exact) mass is 347 g/mol. The van der Waals surface area contributed by atoms with E-state index < -0.39 is 10.0 Å². The molecule has 1 aliphatic heterocycles. The van der Waals surface area contributed by atoms with Crippen LogP contribution in [0.1, 0.15) is 17.2 Å². The fourth-order valence-corrected chi connectivity index (χ4v) is 4.32. The molecule has 0 radical (unpaired) electrons. The third-order valence-electron chi connectivity index (χ3n) is 4.14. The van der Waals surface area contributed by atoms with Gasteiger partial charge >= 0.3 is 0 Å². The molecule has 3 rings (SSSR count). The van der Waals surface area contributed by atoms with E-state index in [9.17, 15) is 8.42 Å². The van der Waals surface area contributed by atoms with Gasteiger partial charge in [0.15, 0.2) is 0 Å². The van der Waals surface area contributed by atoms with Crippen molar-refractivity contribution in [3.63, 3.8) is 0 Å². The molecule has 2 aromatic rings. The lowest BCUT2D eigenvalue weighted by Crippen LogP contribution is -2.42. The van der Waals surface area contributed by atoms with Crippen LogP contribution in [0.15, 0.2) is 53.4 Å². The lowest BCUT2D eigenvalue weighted by molar-refractivity contribution is -0.00257. The van der Waals surface area contributed by atoms with Crippen LogP contribution in [0.5, 0.6) is 5.75 Å². The van der Waals surface area contributed by atoms with Crippen molar-refractivity contribution in [1.82, 2.24) is 4.31 Å². The van der Waals surface area contributed by atoms with Crippen molar-refractivity contribution in [2.75, 3.05) is 26.8 Å². The summed E-state index contributed by atoms with van der Waals surface area (Å²) >= 11 is 0. The lowest BCUT2D eigenvalue weighted by atomic mass is 10.1. The number of hydrogen-bond acceptors (Lipinski definition) is 4. The minimum atomic E-state index is -3.51. The number of sulfonamides is 1. The van der Waals surface area contributed by atoms with Gasteiger partial charge in [0.2, 0.25) is 10.0 Å². The van der Waals surface area contributed by atoms with E-state index in [4.69, 9.17) is 9.47 Å². The van der Waals surface area contributed by atoms with Gasteiger partial charge in [-0.05, 0) is 42.3 Å². The second-order valence-corrected chi connectivity index (χ2v) is 7.75. The van der Waals surface area contributed by atoms with Crippen molar-refractivity contribution in [3.05, 3.63) is 59.7 Å². The van der Waals surface area contributed by atoms with E-state index in [-0.39, 0.29) is 6.10 Å². The Morgan fingerprint density at radius 1 is 1.17 bits per heavy atom. The van der Waals surface area contributed by atoms with E-state index in [1.165, 1.54) is 4.31 Å². The second kappa shape index (κ2) is 6.93. The third-order valence-corrected chi connectivity index (χ3v) is 6.01. The summed E-state index contributed by atoms with van der Waals surface area (Å²) < 4.78 is 38.2. The Labute approximate surface area is 142 Å². The highest BCUT2D eigenvalue weighted by Crippen LogP contribution is 2.27. The average Bonchev–Trinajstić information content (AvgIpc) is 2.62. The molecule has 0 aromatic heterocycles. The fourth-order valence-electron chi connectivity index (χ4n) is 2.79. The minimum Gasteiger partial charge on any atom is -0.497 e. The van der Waals surface area contributed by atoms with Crippen LogP contribution >= 0.6 is 0 Å². The van der Waals surface area contributed by atoms with Crippen LogP contribution in [0.3, 0.4) is 0 Å². The molecule has 0 bridgehead atoms. The topological polar surface area (TPSA) is 55.8 Å². The van der Waals surface area contributed by atoms with Crippen molar-refractivity contribution in [1.29, 1.82) is 0 Å². The fraction of sp³-hybridized carbons (Fsp3) is 0.333. The lowest BCUT2D eigenvalue weighted by Gasteiger charge is -2.32. The zero-order valence-corrected chi connectivity index (χ0v) is 14.6. The van der Waals surface area contributed by atoms with Gasteiger partial charge in [0, 0.05) is 13.1 Å². The highest BCUT2D eigenvalue weighted by Gasteiger charge is 2.31. The quantitative estimate of drug-likeness (QED) is 0.853. The van der Waals surface area contributed by atoms with Crippen molar-refractivity contribution < 1.29 is 17.9 Å². The Morgan fingerprint density at radius 2 is 1.92 bits per heavy atom. The zero-order chi connectivity index (χ0) is 17.2. The van der Waals surface area contributed by atoms with Gasteiger partial charge in [-0.25, -0.2) is 8.42 Å². The molecule has 2 aromatic carbocycles. The first-order chi connectivity index (χ1) is 11.5. The Hall–Kier alpha value is -1.89. The number of morpholine rings is 1. The van der Waals surface area contributed by atoms with Crippen LogP contribution < -0.4 is 4.74 Å². The molecule has 1 saturated heterocycles. The van der Waals surface area contributed by atoms with Gasteiger partial charge in [-0.3, -0.25) is 0 Å². The molecule has 0 saturated carbocycles. The molecular weight excluding hydrogens is 326 g/mol. The Kier molecular flexibility index (Phi) is 4.89. The van der Waals surface area contributed by atoms with Gasteiger partial charge in [0.05, 0.1) is 24.7 Å². The summed E-state index contributed by atoms with van der Waals surface area (Å²) in [4.78, 5) is 0.331. The van der Waals surface area contributed by atoms with Crippen molar-refractivity contribution in [2.45, 2.75) is 17.9 Å². The molecule has 1 aliphatic rings. The maximum absolute atomic E-state index is 12.9. The molecule has 1 fully saturated rings. The summed E-state index contributed by atoms with van der Waals surface area (Å²) in [5.74, 6) is 0.763. The van der Waals surface area contributed by atoms with Gasteiger partial charge < -0.3 is 9.47 Å². The predicted molar refractivity (Wildman–Crippen MR) is 91.6 cm³/mol. The van der Waals surface area contributed by atoms with E-state index in [2.05, 4.69) is 0 Å². The molecule has 1 heterocycles. The molecule has 6 heteroatoms. The highest BCUT2D eigenvalue weighted by atomic mass is 32.2. The first-order valence-corrected chi connectivity index (χ1v) is 9.27. The summed E-state index contributed by atoms with van der Waals surface area (Å²) in [5.41, 5.74) is 1.87. The van der Waals surface area contributed by atoms with Gasteiger partial charge in [0.1, 0.15) is 5.75 Å². The van der Waals surface area contributed by atoms with E-state index in [1.54, 1.807) is 25.3 Å². The van der Waals surface area contributed by atoms with E-state index in [0.717, 1.165) is 16.9 Å². The Balaban J connectivity index is 1.82. The normalized spacial score (nSPS) is 19.2. The summed E-state index contributed by atoms with van der Waals surface area (Å²) in [6.07, 6.45) is -0.274. The third kappa shape index (κ3) is 3.45. The molecule has 1 atom stereocenters. The van der Waals surface area contributed by atoms with Crippen LogP contribution in [0.4, 0.5) is 0 Å². The Morgan fingerprint density at radius 3 is 2.58 bits per heavy atom. The number of nitrogens with zero attached hydrogens (tertiary/aromatic N) is 1. The molecule has 128 valence electrons. The first kappa shape index (κ1) is 17.0. The summed E-state index contributed by atoms with van der Waals surface area (Å²) in [5, 5.41) is 0. The maximum Gasteiger partial charge on any atom is 0.243 e. The van der Waals surface area contributed by atoms with Crippen LogP contribution in [0, 0.1) is 6.92 Å². The van der Waals surface area contributed by atoms with Gasteiger partial charge in [0.25, 0.3) is 0 Å². The van der Waals surface area contributed by atoms with Crippen molar-refractivity contribution >= 4 is 10.0 Å². The van der Waals surface area contributed by atoms with Crippen LogP contribution in [0.2, 0.25) is 0 Å². The van der Waals surface area contributed by atoms with Gasteiger partial charge in [-0.1, -0.05) is 24.3 Å². The number of benzene rings is 2. The highest BCUT2D eigenvalue weighted by molar-refractivity contribution is 7.89. The smallest absolute Gasteiger partial charge is 0.243 e. The van der Waals surface area contributed by atoms with Crippen LogP contribution in [-0.4, -0.2) is 39.5 Å². The van der Waals surface area contributed by atoms with E-state index in [1.807, 2.05) is 37.3 Å². The van der Waals surface area contributed by atoms with Crippen molar-refractivity contribution in [3.8, 4) is 5.75 Å². The largest absolute Gasteiger partial charge is 0.497 e. The van der Waals surface area contributed by atoms with E-state index in [0.29, 0.717) is 24.6 Å². The average molecular weight is 347 g/mol. The standard InChI is InChI=1S/C18H21NO4S/c1-14-4-3-5-17(12-14)24(20,21)19-10-11-23-18(13-19)15-6-8-16(22-2)9-7-15/h3-9,12,18H,10-11,13H2,1-2H3. The molecule has 24 heavy (non-hydrogen) atoms. The molecular formula is C18H21NO4S. The number of rotatable bonds is 4. The zero-order valence-electron chi connectivity index (χ0n) is 13.8. The molecule has 0 N–H and O–H groups in total. The number of ether oxygens (including phenoxy) is 2.